The van der Waals surface area contributed by atoms with Crippen molar-refractivity contribution in [2.75, 3.05) is 30.2 Å². The number of nitrogens with one attached hydrogen (secondary N) is 2. The van der Waals surface area contributed by atoms with Gasteiger partial charge in [-0.3, -0.25) is 9.52 Å². The molecule has 0 aromatic heterocycles. The molecule has 0 aliphatic carbocycles. The third-order valence-electron chi connectivity index (χ3n) is 3.39. The molecule has 2 N–H and O–H groups in total. The van der Waals surface area contributed by atoms with Gasteiger partial charge in [-0.25, -0.2) is 8.42 Å². The number of methoxy groups -OCH3 is 1. The normalized spacial score (nSPS) is 12.6. The van der Waals surface area contributed by atoms with Crippen molar-refractivity contribution in [1.82, 2.24) is 0 Å². The molecule has 8 nitrogen and oxygen atoms in total. The molecule has 1 aliphatic rings. The van der Waals surface area contributed by atoms with Crippen molar-refractivity contribution in [3.8, 4) is 17.2 Å². The van der Waals surface area contributed by atoms with Gasteiger partial charge in [0.25, 0.3) is 5.91 Å². The Kier molecular flexibility index (Phi) is 4.41. The molecule has 2 aromatic carbocycles. The molecule has 0 saturated heterocycles. The Morgan fingerprint density at radius 1 is 1.12 bits per heavy atom. The highest BCUT2D eigenvalue weighted by molar-refractivity contribution is 7.92. The van der Waals surface area contributed by atoms with Crippen molar-refractivity contribution in [3.05, 3.63) is 42.0 Å². The SMILES string of the molecule is COc1ccc(NC(=O)c2ccc3c(c2)OCO3)cc1NS(C)(=O)=O. The number of rotatable bonds is 5. The Morgan fingerprint density at radius 2 is 1.88 bits per heavy atom. The molecule has 1 heterocycles. The Bertz CT molecular complexity index is 926. The van der Waals surface area contributed by atoms with Crippen molar-refractivity contribution >= 4 is 27.3 Å². The zero-order valence-corrected chi connectivity index (χ0v) is 14.3. The van der Waals surface area contributed by atoms with E-state index in [4.69, 9.17) is 14.2 Å². The highest BCUT2D eigenvalue weighted by Gasteiger charge is 2.17. The predicted octanol–water partition coefficient (Wildman–Crippen LogP) is 2.05. The molecule has 0 saturated carbocycles. The first-order chi connectivity index (χ1) is 11.9. The molecule has 0 radical (unpaired) electrons. The van der Waals surface area contributed by atoms with Gasteiger partial charge in [-0.2, -0.15) is 0 Å². The summed E-state index contributed by atoms with van der Waals surface area (Å²) in [6.45, 7) is 0.124. The summed E-state index contributed by atoms with van der Waals surface area (Å²) in [4.78, 5) is 12.4. The number of fused-ring (bicyclic) bond motifs is 1. The summed E-state index contributed by atoms with van der Waals surface area (Å²) in [6, 6.07) is 9.49. The molecule has 132 valence electrons. The van der Waals surface area contributed by atoms with Crippen LogP contribution in [-0.2, 0) is 10.0 Å². The summed E-state index contributed by atoms with van der Waals surface area (Å²) < 4.78 is 40.8. The second kappa shape index (κ2) is 6.52. The maximum atomic E-state index is 12.4. The number of hydrogen-bond acceptors (Lipinski definition) is 6. The fourth-order valence-corrected chi connectivity index (χ4v) is 2.87. The van der Waals surface area contributed by atoms with Crippen LogP contribution in [0.3, 0.4) is 0 Å². The lowest BCUT2D eigenvalue weighted by molar-refractivity contribution is 0.102. The maximum Gasteiger partial charge on any atom is 0.255 e. The van der Waals surface area contributed by atoms with Crippen LogP contribution in [0.5, 0.6) is 17.2 Å². The van der Waals surface area contributed by atoms with E-state index in [-0.39, 0.29) is 18.4 Å². The first kappa shape index (κ1) is 16.9. The van der Waals surface area contributed by atoms with Gasteiger partial charge in [0, 0.05) is 11.3 Å². The number of anilines is 2. The molecule has 2 aromatic rings. The van der Waals surface area contributed by atoms with Crippen molar-refractivity contribution < 1.29 is 27.4 Å². The average Bonchev–Trinajstić information content (AvgIpc) is 3.01. The lowest BCUT2D eigenvalue weighted by atomic mass is 10.2. The minimum absolute atomic E-state index is 0.124. The summed E-state index contributed by atoms with van der Waals surface area (Å²) in [7, 11) is -2.06. The van der Waals surface area contributed by atoms with E-state index in [1.807, 2.05) is 0 Å². The molecule has 1 amide bonds. The largest absolute Gasteiger partial charge is 0.495 e. The first-order valence-electron chi connectivity index (χ1n) is 7.22. The smallest absolute Gasteiger partial charge is 0.255 e. The summed E-state index contributed by atoms with van der Waals surface area (Å²) in [5.74, 6) is 1.06. The van der Waals surface area contributed by atoms with Gasteiger partial charge in [-0.1, -0.05) is 0 Å². The van der Waals surface area contributed by atoms with E-state index in [0.29, 0.717) is 28.5 Å². The lowest BCUT2D eigenvalue weighted by Gasteiger charge is -2.12. The molecule has 0 bridgehead atoms. The topological polar surface area (TPSA) is 103 Å². The molecule has 0 spiro atoms. The predicted molar refractivity (Wildman–Crippen MR) is 92.0 cm³/mol. The van der Waals surface area contributed by atoms with E-state index in [1.54, 1.807) is 30.3 Å². The number of amides is 1. The summed E-state index contributed by atoms with van der Waals surface area (Å²) in [6.07, 6.45) is 1.03. The standard InChI is InChI=1S/C16H16N2O6S/c1-22-13-6-4-11(8-12(13)18-25(2,20)21)17-16(19)10-3-5-14-15(7-10)24-9-23-14/h3-8,18H,9H2,1-2H3,(H,17,19). The fraction of sp³-hybridized carbons (Fsp3) is 0.188. The van der Waals surface area contributed by atoms with Crippen molar-refractivity contribution in [1.29, 1.82) is 0 Å². The van der Waals surface area contributed by atoms with Crippen LogP contribution in [0.4, 0.5) is 11.4 Å². The number of benzene rings is 2. The number of carbonyl (C=O) groups excluding carboxylic acids is 1. The van der Waals surface area contributed by atoms with Gasteiger partial charge >= 0.3 is 0 Å². The molecule has 9 heteroatoms. The number of sulfonamides is 1. The van der Waals surface area contributed by atoms with Crippen molar-refractivity contribution in [3.63, 3.8) is 0 Å². The third-order valence-corrected chi connectivity index (χ3v) is 3.98. The summed E-state index contributed by atoms with van der Waals surface area (Å²) in [5.41, 5.74) is 1.03. The average molecular weight is 364 g/mol. The lowest BCUT2D eigenvalue weighted by Crippen LogP contribution is -2.13. The van der Waals surface area contributed by atoms with Crippen LogP contribution in [0.15, 0.2) is 36.4 Å². The fourth-order valence-electron chi connectivity index (χ4n) is 2.31. The first-order valence-corrected chi connectivity index (χ1v) is 9.12. The van der Waals surface area contributed by atoms with E-state index in [1.165, 1.54) is 13.2 Å². The van der Waals surface area contributed by atoms with Crippen LogP contribution < -0.4 is 24.2 Å². The Balaban J connectivity index is 1.82. The minimum atomic E-state index is -3.49. The van der Waals surface area contributed by atoms with Crippen molar-refractivity contribution in [2.45, 2.75) is 0 Å². The third kappa shape index (κ3) is 3.94. The molecule has 0 unspecified atom stereocenters. The van der Waals surface area contributed by atoms with E-state index in [0.717, 1.165) is 6.26 Å². The zero-order valence-electron chi connectivity index (χ0n) is 13.5. The highest BCUT2D eigenvalue weighted by atomic mass is 32.2. The monoisotopic (exact) mass is 364 g/mol. The maximum absolute atomic E-state index is 12.4. The zero-order chi connectivity index (χ0) is 18.0. The minimum Gasteiger partial charge on any atom is -0.495 e. The van der Waals surface area contributed by atoms with E-state index >= 15 is 0 Å². The second-order valence-electron chi connectivity index (χ2n) is 5.31. The van der Waals surface area contributed by atoms with Crippen LogP contribution in [0.25, 0.3) is 0 Å². The molecular formula is C16H16N2O6S. The number of hydrogen-bond donors (Lipinski definition) is 2. The summed E-state index contributed by atoms with van der Waals surface area (Å²) in [5, 5.41) is 2.70. The van der Waals surface area contributed by atoms with Crippen molar-refractivity contribution in [2.24, 2.45) is 0 Å². The van der Waals surface area contributed by atoms with Crippen LogP contribution >= 0.6 is 0 Å². The van der Waals surface area contributed by atoms with E-state index in [9.17, 15) is 13.2 Å². The van der Waals surface area contributed by atoms with Crippen LogP contribution in [0.1, 0.15) is 10.4 Å². The Labute approximate surface area is 144 Å². The van der Waals surface area contributed by atoms with Gasteiger partial charge in [0.2, 0.25) is 16.8 Å². The second-order valence-corrected chi connectivity index (χ2v) is 7.06. The highest BCUT2D eigenvalue weighted by Crippen LogP contribution is 2.33. The molecular weight excluding hydrogens is 348 g/mol. The van der Waals surface area contributed by atoms with Crippen LogP contribution in [-0.4, -0.2) is 34.5 Å². The van der Waals surface area contributed by atoms with Gasteiger partial charge in [0.05, 0.1) is 19.1 Å². The molecule has 25 heavy (non-hydrogen) atoms. The van der Waals surface area contributed by atoms with Gasteiger partial charge in [0.15, 0.2) is 11.5 Å². The van der Waals surface area contributed by atoms with Gasteiger partial charge in [0.1, 0.15) is 5.75 Å². The van der Waals surface area contributed by atoms with Crippen LogP contribution in [0.2, 0.25) is 0 Å². The van der Waals surface area contributed by atoms with Crippen LogP contribution in [0, 0.1) is 0 Å². The van der Waals surface area contributed by atoms with Gasteiger partial charge < -0.3 is 19.5 Å². The number of carbonyl (C=O) groups is 1. The quantitative estimate of drug-likeness (QED) is 0.842. The molecule has 3 rings (SSSR count). The van der Waals surface area contributed by atoms with E-state index in [2.05, 4.69) is 10.0 Å². The van der Waals surface area contributed by atoms with Gasteiger partial charge in [-0.05, 0) is 36.4 Å². The van der Waals surface area contributed by atoms with Gasteiger partial charge in [-0.15, -0.1) is 0 Å². The Hall–Kier alpha value is -2.94. The Morgan fingerprint density at radius 3 is 2.60 bits per heavy atom. The summed E-state index contributed by atoms with van der Waals surface area (Å²) >= 11 is 0. The molecule has 0 fully saturated rings. The van der Waals surface area contributed by atoms with E-state index < -0.39 is 10.0 Å². The molecule has 1 aliphatic heterocycles. The molecule has 0 atom stereocenters. The number of ether oxygens (including phenoxy) is 3.